The lowest BCUT2D eigenvalue weighted by Gasteiger charge is -2.49. The summed E-state index contributed by atoms with van der Waals surface area (Å²) < 4.78 is 12.0. The molecule has 3 heterocycles. The molecule has 0 radical (unpaired) electrons. The molecule has 1 aromatic heterocycles. The van der Waals surface area contributed by atoms with E-state index in [0.717, 1.165) is 50.8 Å². The second-order valence-electron chi connectivity index (χ2n) is 11.0. The number of aromatic nitrogens is 1. The Bertz CT molecular complexity index is 934. The molecule has 1 aliphatic carbocycles. The van der Waals surface area contributed by atoms with Gasteiger partial charge in [0, 0.05) is 37.4 Å². The van der Waals surface area contributed by atoms with E-state index in [0.29, 0.717) is 31.2 Å². The Morgan fingerprint density at radius 2 is 2.03 bits per heavy atom. The van der Waals surface area contributed by atoms with Gasteiger partial charge >= 0.3 is 6.09 Å². The fourth-order valence-corrected chi connectivity index (χ4v) is 5.56. The summed E-state index contributed by atoms with van der Waals surface area (Å²) in [5.74, 6) is 0.381. The Hall–Kier alpha value is -2.75. The minimum atomic E-state index is -0.535. The Kier molecular flexibility index (Phi) is 7.30. The molecule has 3 fully saturated rings. The highest BCUT2D eigenvalue weighted by molar-refractivity contribution is 5.96. The molecule has 2 aliphatic heterocycles. The smallest absolute Gasteiger partial charge is 0.410 e. The van der Waals surface area contributed by atoms with E-state index in [-0.39, 0.29) is 29.6 Å². The number of hydrogen-bond donors (Lipinski definition) is 3. The van der Waals surface area contributed by atoms with Gasteiger partial charge in [0.05, 0.1) is 5.54 Å². The molecule has 1 aromatic rings. The number of nitrogens with two attached hydrogens (primary N) is 1. The van der Waals surface area contributed by atoms with E-state index in [1.807, 2.05) is 44.7 Å². The Balaban J connectivity index is 1.59. The number of amides is 1. The molecule has 10 heteroatoms. The number of oxime groups is 1. The number of carbonyl (C=O) groups is 1. The normalized spacial score (nSPS) is 23.5. The van der Waals surface area contributed by atoms with E-state index in [9.17, 15) is 10.0 Å². The molecule has 1 amide bonds. The second kappa shape index (κ2) is 10.1. The van der Waals surface area contributed by atoms with Gasteiger partial charge in [0.2, 0.25) is 5.88 Å². The SMILES string of the molecule is C[C@H](Oc1cc(N2CCN(C(=O)OC(C)(C)C)C3(CCCC3)C2)cc(/C(N)=N/O)n1)[C@@H]1CCCN1. The summed E-state index contributed by atoms with van der Waals surface area (Å²) in [5.41, 5.74) is 6.37. The molecule has 194 valence electrons. The minimum absolute atomic E-state index is 0.0636. The lowest BCUT2D eigenvalue weighted by molar-refractivity contribution is -0.00622. The fraction of sp³-hybridized carbons (Fsp3) is 0.720. The summed E-state index contributed by atoms with van der Waals surface area (Å²) in [6, 6.07) is 4.02. The zero-order valence-corrected chi connectivity index (χ0v) is 21.4. The molecule has 10 nitrogen and oxygen atoms in total. The third-order valence-electron chi connectivity index (χ3n) is 7.29. The van der Waals surface area contributed by atoms with Gasteiger partial charge < -0.3 is 30.6 Å². The van der Waals surface area contributed by atoms with Crippen molar-refractivity contribution < 1.29 is 19.5 Å². The lowest BCUT2D eigenvalue weighted by Crippen LogP contribution is -2.63. The number of hydrogen-bond acceptors (Lipinski definition) is 8. The van der Waals surface area contributed by atoms with E-state index in [4.69, 9.17) is 15.2 Å². The predicted octanol–water partition coefficient (Wildman–Crippen LogP) is 3.07. The van der Waals surface area contributed by atoms with Crippen molar-refractivity contribution in [3.8, 4) is 5.88 Å². The number of ether oxygens (including phenoxy) is 2. The number of carbonyl (C=O) groups excluding carboxylic acids is 1. The van der Waals surface area contributed by atoms with E-state index < -0.39 is 5.60 Å². The van der Waals surface area contributed by atoms with Crippen molar-refractivity contribution >= 4 is 17.6 Å². The van der Waals surface area contributed by atoms with Crippen LogP contribution < -0.4 is 20.7 Å². The summed E-state index contributed by atoms with van der Waals surface area (Å²) >= 11 is 0. The number of amidine groups is 1. The minimum Gasteiger partial charge on any atom is -0.473 e. The number of anilines is 1. The first-order valence-corrected chi connectivity index (χ1v) is 12.8. The standard InChI is InChI=1S/C25H40N6O4/c1-17(19-8-7-11-27-19)34-21-15-18(14-20(28-21)22(26)29-33)30-12-13-31(23(32)35-24(2,3)4)25(16-30)9-5-6-10-25/h14-15,17,19,27,33H,5-13,16H2,1-4H3,(H2,26,29)/t17-,19-/m0/s1. The highest BCUT2D eigenvalue weighted by Crippen LogP contribution is 2.40. The van der Waals surface area contributed by atoms with Crippen LogP contribution in [0.4, 0.5) is 10.5 Å². The van der Waals surface area contributed by atoms with Gasteiger partial charge in [-0.1, -0.05) is 18.0 Å². The van der Waals surface area contributed by atoms with E-state index >= 15 is 0 Å². The van der Waals surface area contributed by atoms with Gasteiger partial charge in [-0.3, -0.25) is 4.90 Å². The third-order valence-corrected chi connectivity index (χ3v) is 7.29. The predicted molar refractivity (Wildman–Crippen MR) is 134 cm³/mol. The van der Waals surface area contributed by atoms with Crippen molar-refractivity contribution in [3.63, 3.8) is 0 Å². The Morgan fingerprint density at radius 1 is 1.29 bits per heavy atom. The summed E-state index contributed by atoms with van der Waals surface area (Å²) in [6.45, 7) is 10.6. The van der Waals surface area contributed by atoms with Crippen molar-refractivity contribution in [2.45, 2.75) is 89.5 Å². The van der Waals surface area contributed by atoms with Crippen molar-refractivity contribution in [3.05, 3.63) is 17.8 Å². The van der Waals surface area contributed by atoms with Crippen LogP contribution in [0.15, 0.2) is 17.3 Å². The fourth-order valence-electron chi connectivity index (χ4n) is 5.56. The van der Waals surface area contributed by atoms with Crippen LogP contribution in [0.2, 0.25) is 0 Å². The lowest BCUT2D eigenvalue weighted by atomic mass is 9.91. The summed E-state index contributed by atoms with van der Waals surface area (Å²) in [7, 11) is 0. The van der Waals surface area contributed by atoms with Gasteiger partial charge in [-0.25, -0.2) is 9.78 Å². The number of piperazine rings is 1. The highest BCUT2D eigenvalue weighted by atomic mass is 16.6. The molecule has 2 atom stereocenters. The van der Waals surface area contributed by atoms with Gasteiger partial charge in [0.15, 0.2) is 5.84 Å². The largest absolute Gasteiger partial charge is 0.473 e. The first kappa shape index (κ1) is 25.3. The molecule has 35 heavy (non-hydrogen) atoms. The average Bonchev–Trinajstić information content (AvgIpc) is 3.50. The maximum Gasteiger partial charge on any atom is 0.410 e. The molecule has 0 bridgehead atoms. The zero-order chi connectivity index (χ0) is 25.2. The quantitative estimate of drug-likeness (QED) is 0.250. The Labute approximate surface area is 207 Å². The van der Waals surface area contributed by atoms with E-state index in [1.54, 1.807) is 0 Å². The maximum atomic E-state index is 13.1. The van der Waals surface area contributed by atoms with Crippen LogP contribution in [0.5, 0.6) is 5.88 Å². The van der Waals surface area contributed by atoms with Crippen LogP contribution in [0, 0.1) is 0 Å². The van der Waals surface area contributed by atoms with Crippen molar-refractivity contribution in [1.82, 2.24) is 15.2 Å². The molecule has 1 saturated carbocycles. The van der Waals surface area contributed by atoms with E-state index in [1.165, 1.54) is 0 Å². The zero-order valence-electron chi connectivity index (χ0n) is 21.4. The number of nitrogens with zero attached hydrogens (tertiary/aromatic N) is 4. The van der Waals surface area contributed by atoms with Gasteiger partial charge in [0.25, 0.3) is 0 Å². The molecule has 4 rings (SSSR count). The van der Waals surface area contributed by atoms with Crippen LogP contribution in [0.25, 0.3) is 0 Å². The molecule has 2 saturated heterocycles. The van der Waals surface area contributed by atoms with Crippen LogP contribution >= 0.6 is 0 Å². The van der Waals surface area contributed by atoms with Gasteiger partial charge in [-0.05, 0) is 66.0 Å². The summed E-state index contributed by atoms with van der Waals surface area (Å²) in [5, 5.41) is 15.9. The number of pyridine rings is 1. The van der Waals surface area contributed by atoms with Crippen molar-refractivity contribution in [2.24, 2.45) is 10.9 Å². The van der Waals surface area contributed by atoms with Crippen LogP contribution in [0.1, 0.15) is 71.9 Å². The van der Waals surface area contributed by atoms with Gasteiger partial charge in [-0.15, -0.1) is 0 Å². The topological polar surface area (TPSA) is 126 Å². The first-order valence-electron chi connectivity index (χ1n) is 12.8. The maximum absolute atomic E-state index is 13.1. The van der Waals surface area contributed by atoms with Crippen molar-refractivity contribution in [2.75, 3.05) is 31.1 Å². The number of nitrogens with one attached hydrogen (secondary N) is 1. The molecule has 0 unspecified atom stereocenters. The molecule has 1 spiro atoms. The van der Waals surface area contributed by atoms with Crippen LogP contribution in [-0.2, 0) is 4.74 Å². The molecule has 4 N–H and O–H groups in total. The summed E-state index contributed by atoms with van der Waals surface area (Å²) in [4.78, 5) is 21.8. The average molecular weight is 489 g/mol. The van der Waals surface area contributed by atoms with Gasteiger partial charge in [-0.2, -0.15) is 0 Å². The van der Waals surface area contributed by atoms with E-state index in [2.05, 4.69) is 20.4 Å². The van der Waals surface area contributed by atoms with Crippen molar-refractivity contribution in [1.29, 1.82) is 0 Å². The Morgan fingerprint density at radius 3 is 2.66 bits per heavy atom. The molecule has 0 aromatic carbocycles. The molecular weight excluding hydrogens is 448 g/mol. The van der Waals surface area contributed by atoms with Gasteiger partial charge in [0.1, 0.15) is 17.4 Å². The number of rotatable bonds is 5. The molecular formula is C25H40N6O4. The monoisotopic (exact) mass is 488 g/mol. The summed E-state index contributed by atoms with van der Waals surface area (Å²) in [6.07, 6.45) is 5.93. The van der Waals surface area contributed by atoms with Crippen LogP contribution in [0.3, 0.4) is 0 Å². The highest BCUT2D eigenvalue weighted by Gasteiger charge is 2.47. The second-order valence-corrected chi connectivity index (χ2v) is 11.0. The first-order chi connectivity index (χ1) is 16.6. The van der Waals surface area contributed by atoms with Crippen LogP contribution in [-0.4, -0.2) is 76.5 Å². The molecule has 3 aliphatic rings. The third kappa shape index (κ3) is 5.74.